The van der Waals surface area contributed by atoms with Crippen LogP contribution < -0.4 is 11.1 Å². The number of nitrogens with zero attached hydrogens (tertiary/aromatic N) is 2. The maximum atomic E-state index is 11.9. The number of amides is 1. The molecule has 0 saturated heterocycles. The van der Waals surface area contributed by atoms with Crippen molar-refractivity contribution in [3.63, 3.8) is 0 Å². The van der Waals surface area contributed by atoms with Gasteiger partial charge in [0, 0.05) is 16.6 Å². The number of amidine groups is 1. The Kier molecular flexibility index (Phi) is 3.76. The number of hydrogen-bond acceptors (Lipinski definition) is 5. The van der Waals surface area contributed by atoms with Crippen LogP contribution in [0.25, 0.3) is 0 Å². The highest BCUT2D eigenvalue weighted by atomic mass is 32.1. The Morgan fingerprint density at radius 2 is 2.32 bits per heavy atom. The second-order valence-electron chi connectivity index (χ2n) is 3.84. The van der Waals surface area contributed by atoms with E-state index < -0.39 is 0 Å². The van der Waals surface area contributed by atoms with Crippen LogP contribution in [-0.4, -0.2) is 21.9 Å². The average Bonchev–Trinajstić information content (AvgIpc) is 2.94. The number of benzene rings is 1. The van der Waals surface area contributed by atoms with Gasteiger partial charge in [0.1, 0.15) is 5.69 Å². The van der Waals surface area contributed by atoms with Gasteiger partial charge in [-0.25, -0.2) is 4.98 Å². The molecule has 0 spiro atoms. The van der Waals surface area contributed by atoms with E-state index in [1.807, 2.05) is 6.92 Å². The Labute approximate surface area is 113 Å². The van der Waals surface area contributed by atoms with Crippen molar-refractivity contribution in [2.45, 2.75) is 6.92 Å². The molecule has 0 aliphatic carbocycles. The number of anilines is 1. The van der Waals surface area contributed by atoms with Crippen LogP contribution in [0.5, 0.6) is 0 Å². The Morgan fingerprint density at radius 3 is 2.95 bits per heavy atom. The number of oxime groups is 1. The van der Waals surface area contributed by atoms with Gasteiger partial charge in [-0.05, 0) is 18.6 Å². The number of nitrogens with two attached hydrogens (primary N) is 1. The second-order valence-corrected chi connectivity index (χ2v) is 4.56. The van der Waals surface area contributed by atoms with Crippen LogP contribution in [0.3, 0.4) is 0 Å². The molecule has 0 bridgehead atoms. The van der Waals surface area contributed by atoms with Crippen molar-refractivity contribution < 1.29 is 10.0 Å². The number of carbonyl (C=O) groups excluding carboxylic acids is 1. The first-order valence-corrected chi connectivity index (χ1v) is 6.34. The van der Waals surface area contributed by atoms with Gasteiger partial charge in [-0.2, -0.15) is 0 Å². The number of aromatic nitrogens is 1. The van der Waals surface area contributed by atoms with Gasteiger partial charge in [0.05, 0.1) is 5.51 Å². The molecule has 1 aromatic heterocycles. The molecule has 1 aromatic carbocycles. The van der Waals surface area contributed by atoms with Crippen LogP contribution in [-0.2, 0) is 0 Å². The van der Waals surface area contributed by atoms with Crippen LogP contribution in [0, 0.1) is 6.92 Å². The van der Waals surface area contributed by atoms with Crippen molar-refractivity contribution in [1.29, 1.82) is 0 Å². The molecule has 0 atom stereocenters. The molecule has 19 heavy (non-hydrogen) atoms. The smallest absolute Gasteiger partial charge is 0.275 e. The molecule has 0 aliphatic heterocycles. The molecule has 0 aliphatic rings. The summed E-state index contributed by atoms with van der Waals surface area (Å²) in [7, 11) is 0. The monoisotopic (exact) mass is 276 g/mol. The quantitative estimate of drug-likeness (QED) is 0.344. The van der Waals surface area contributed by atoms with Gasteiger partial charge in [-0.15, -0.1) is 11.3 Å². The van der Waals surface area contributed by atoms with Crippen molar-refractivity contribution in [3.8, 4) is 0 Å². The molecular weight excluding hydrogens is 264 g/mol. The molecule has 98 valence electrons. The summed E-state index contributed by atoms with van der Waals surface area (Å²) >= 11 is 1.35. The molecule has 0 fully saturated rings. The van der Waals surface area contributed by atoms with Gasteiger partial charge in [0.25, 0.3) is 5.91 Å². The summed E-state index contributed by atoms with van der Waals surface area (Å²) in [6.07, 6.45) is 0. The number of hydrogen-bond donors (Lipinski definition) is 3. The lowest BCUT2D eigenvalue weighted by Gasteiger charge is -2.09. The lowest BCUT2D eigenvalue weighted by Crippen LogP contribution is -2.16. The van der Waals surface area contributed by atoms with Crippen LogP contribution >= 0.6 is 11.3 Å². The zero-order valence-electron chi connectivity index (χ0n) is 10.1. The number of rotatable bonds is 3. The minimum atomic E-state index is -0.291. The maximum absolute atomic E-state index is 11.9. The Bertz CT molecular complexity index is 623. The molecule has 6 nitrogen and oxygen atoms in total. The highest BCUT2D eigenvalue weighted by Crippen LogP contribution is 2.18. The van der Waals surface area contributed by atoms with Crippen LogP contribution in [0.1, 0.15) is 21.6 Å². The van der Waals surface area contributed by atoms with E-state index in [1.54, 1.807) is 29.1 Å². The third kappa shape index (κ3) is 2.89. The highest BCUT2D eigenvalue weighted by Gasteiger charge is 2.10. The van der Waals surface area contributed by atoms with Crippen molar-refractivity contribution in [3.05, 3.63) is 45.9 Å². The van der Waals surface area contributed by atoms with Crippen LogP contribution in [0.4, 0.5) is 5.69 Å². The number of nitrogens with one attached hydrogen (secondary N) is 1. The molecule has 0 saturated carbocycles. The fourth-order valence-corrected chi connectivity index (χ4v) is 2.02. The molecule has 7 heteroatoms. The average molecular weight is 276 g/mol. The maximum Gasteiger partial charge on any atom is 0.275 e. The summed E-state index contributed by atoms with van der Waals surface area (Å²) < 4.78 is 0. The topological polar surface area (TPSA) is 101 Å². The van der Waals surface area contributed by atoms with Gasteiger partial charge >= 0.3 is 0 Å². The van der Waals surface area contributed by atoms with Gasteiger partial charge < -0.3 is 16.3 Å². The fraction of sp³-hybridized carbons (Fsp3) is 0.0833. The summed E-state index contributed by atoms with van der Waals surface area (Å²) in [6, 6.07) is 5.14. The van der Waals surface area contributed by atoms with E-state index in [0.717, 1.165) is 5.56 Å². The minimum absolute atomic E-state index is 0.0100. The third-order valence-electron chi connectivity index (χ3n) is 2.55. The number of thiazole rings is 1. The van der Waals surface area contributed by atoms with Gasteiger partial charge in [-0.3, -0.25) is 4.79 Å². The first-order chi connectivity index (χ1) is 9.11. The number of carbonyl (C=O) groups is 1. The Balaban J connectivity index is 2.27. The van der Waals surface area contributed by atoms with E-state index in [-0.39, 0.29) is 11.7 Å². The highest BCUT2D eigenvalue weighted by molar-refractivity contribution is 7.07. The van der Waals surface area contributed by atoms with Crippen molar-refractivity contribution >= 4 is 28.8 Å². The number of aryl methyl sites for hydroxylation is 1. The first-order valence-electron chi connectivity index (χ1n) is 5.40. The van der Waals surface area contributed by atoms with E-state index in [1.165, 1.54) is 11.3 Å². The van der Waals surface area contributed by atoms with Crippen molar-refractivity contribution in [2.24, 2.45) is 10.9 Å². The largest absolute Gasteiger partial charge is 0.409 e. The molecule has 0 radical (unpaired) electrons. The van der Waals surface area contributed by atoms with E-state index in [4.69, 9.17) is 10.9 Å². The standard InChI is InChI=1S/C12H12N4O2S/c1-7-2-3-8(11(13)16-18)4-9(7)15-12(17)10-5-19-6-14-10/h2-6,18H,1H3,(H2,13,16)(H,15,17). The first kappa shape index (κ1) is 13.0. The fourth-order valence-electron chi connectivity index (χ4n) is 1.48. The predicted molar refractivity (Wildman–Crippen MR) is 73.8 cm³/mol. The molecular formula is C12H12N4O2S. The molecule has 4 N–H and O–H groups in total. The Morgan fingerprint density at radius 1 is 1.53 bits per heavy atom. The zero-order chi connectivity index (χ0) is 13.8. The van der Waals surface area contributed by atoms with Gasteiger partial charge in [0.15, 0.2) is 5.84 Å². The Hall–Kier alpha value is -2.41. The molecule has 1 amide bonds. The summed E-state index contributed by atoms with van der Waals surface area (Å²) in [6.45, 7) is 1.85. The lowest BCUT2D eigenvalue weighted by atomic mass is 10.1. The second kappa shape index (κ2) is 5.49. The summed E-state index contributed by atoms with van der Waals surface area (Å²) in [4.78, 5) is 15.8. The summed E-state index contributed by atoms with van der Waals surface area (Å²) in [5, 5.41) is 16.0. The van der Waals surface area contributed by atoms with Gasteiger partial charge in [0.2, 0.25) is 0 Å². The normalized spacial score (nSPS) is 11.3. The van der Waals surface area contributed by atoms with Crippen LogP contribution in [0.15, 0.2) is 34.2 Å². The van der Waals surface area contributed by atoms with E-state index >= 15 is 0 Å². The van der Waals surface area contributed by atoms with Gasteiger partial charge in [-0.1, -0.05) is 17.3 Å². The van der Waals surface area contributed by atoms with E-state index in [2.05, 4.69) is 15.5 Å². The predicted octanol–water partition coefficient (Wildman–Crippen LogP) is 1.80. The minimum Gasteiger partial charge on any atom is -0.409 e. The molecule has 1 heterocycles. The summed E-state index contributed by atoms with van der Waals surface area (Å²) in [5.74, 6) is -0.301. The third-order valence-corrected chi connectivity index (χ3v) is 3.14. The molecule has 0 unspecified atom stereocenters. The van der Waals surface area contributed by atoms with Crippen molar-refractivity contribution in [1.82, 2.24) is 4.98 Å². The van der Waals surface area contributed by atoms with E-state index in [9.17, 15) is 4.79 Å². The zero-order valence-corrected chi connectivity index (χ0v) is 10.9. The SMILES string of the molecule is Cc1ccc(C(N)=NO)cc1NC(=O)c1cscn1. The molecule has 2 rings (SSSR count). The summed E-state index contributed by atoms with van der Waals surface area (Å²) in [5.41, 5.74) is 9.47. The van der Waals surface area contributed by atoms with E-state index in [0.29, 0.717) is 16.9 Å². The van der Waals surface area contributed by atoms with Crippen molar-refractivity contribution in [2.75, 3.05) is 5.32 Å². The lowest BCUT2D eigenvalue weighted by molar-refractivity contribution is 0.102. The molecule has 2 aromatic rings. The van der Waals surface area contributed by atoms with Crippen LogP contribution in [0.2, 0.25) is 0 Å².